The summed E-state index contributed by atoms with van der Waals surface area (Å²) >= 11 is 0. The summed E-state index contributed by atoms with van der Waals surface area (Å²) in [4.78, 5) is 12.7. The number of amides is 1. The first-order valence-corrected chi connectivity index (χ1v) is 7.15. The summed E-state index contributed by atoms with van der Waals surface area (Å²) in [5.74, 6) is 1.47. The molecule has 1 saturated heterocycles. The number of carbonyl (C=O) groups excluding carboxylic acids is 1. The number of aromatic nitrogens is 2. The second kappa shape index (κ2) is 5.74. The molecular weight excluding hydrogens is 276 g/mol. The van der Waals surface area contributed by atoms with Crippen LogP contribution in [0.1, 0.15) is 31.4 Å². The first-order valence-electron chi connectivity index (χ1n) is 7.15. The van der Waals surface area contributed by atoms with Crippen molar-refractivity contribution in [3.63, 3.8) is 0 Å². The summed E-state index contributed by atoms with van der Waals surface area (Å²) in [6, 6.07) is 1.93. The van der Waals surface area contributed by atoms with Crippen LogP contribution in [0.3, 0.4) is 0 Å². The molecular formula is C14H23ClN4O. The summed E-state index contributed by atoms with van der Waals surface area (Å²) in [5.41, 5.74) is 0.733. The molecule has 0 bridgehead atoms. The van der Waals surface area contributed by atoms with E-state index in [1.165, 1.54) is 12.8 Å². The van der Waals surface area contributed by atoms with E-state index >= 15 is 0 Å². The van der Waals surface area contributed by atoms with E-state index in [9.17, 15) is 4.79 Å². The maximum Gasteiger partial charge on any atom is 0.233 e. The molecule has 6 heteroatoms. The van der Waals surface area contributed by atoms with Gasteiger partial charge in [0.25, 0.3) is 0 Å². The third-order valence-corrected chi connectivity index (χ3v) is 4.73. The van der Waals surface area contributed by atoms with Crippen molar-refractivity contribution in [2.24, 2.45) is 18.4 Å². The van der Waals surface area contributed by atoms with Crippen molar-refractivity contribution in [3.8, 4) is 0 Å². The van der Waals surface area contributed by atoms with Crippen molar-refractivity contribution in [1.82, 2.24) is 15.1 Å². The molecule has 0 aromatic carbocycles. The predicted octanol–water partition coefficient (Wildman–Crippen LogP) is 1.87. The number of nitrogens with zero attached hydrogens (tertiary/aromatic N) is 2. The van der Waals surface area contributed by atoms with E-state index < -0.39 is 0 Å². The van der Waals surface area contributed by atoms with E-state index in [4.69, 9.17) is 0 Å². The fraction of sp³-hybridized carbons (Fsp3) is 0.714. The highest BCUT2D eigenvalue weighted by atomic mass is 35.5. The summed E-state index contributed by atoms with van der Waals surface area (Å²) in [6.45, 7) is 3.74. The Morgan fingerprint density at radius 2 is 2.35 bits per heavy atom. The number of hydrogen-bond acceptors (Lipinski definition) is 3. The number of halogens is 1. The largest absolute Gasteiger partial charge is 0.315 e. The molecule has 1 aliphatic carbocycles. The fourth-order valence-corrected chi connectivity index (χ4v) is 3.66. The average Bonchev–Trinajstić information content (AvgIpc) is 2.94. The van der Waals surface area contributed by atoms with Gasteiger partial charge in [-0.2, -0.15) is 5.10 Å². The monoisotopic (exact) mass is 298 g/mol. The molecule has 1 aromatic heterocycles. The number of aryl methyl sites for hydroxylation is 2. The molecule has 1 amide bonds. The second-order valence-corrected chi connectivity index (χ2v) is 5.98. The Hall–Kier alpha value is -1.07. The fourth-order valence-electron chi connectivity index (χ4n) is 3.66. The van der Waals surface area contributed by atoms with Gasteiger partial charge in [0.05, 0.1) is 11.1 Å². The summed E-state index contributed by atoms with van der Waals surface area (Å²) in [6.07, 6.45) is 4.60. The first-order chi connectivity index (χ1) is 9.12. The number of nitrogens with one attached hydrogen (secondary N) is 2. The minimum absolute atomic E-state index is 0. The molecule has 2 atom stereocenters. The van der Waals surface area contributed by atoms with Crippen LogP contribution in [0.25, 0.3) is 0 Å². The molecule has 2 fully saturated rings. The smallest absolute Gasteiger partial charge is 0.233 e. The van der Waals surface area contributed by atoms with Gasteiger partial charge in [0.15, 0.2) is 0 Å². The maximum absolute atomic E-state index is 12.7. The number of fused-ring (bicyclic) bond motifs is 1. The Morgan fingerprint density at radius 3 is 3.05 bits per heavy atom. The lowest BCUT2D eigenvalue weighted by atomic mass is 9.67. The minimum Gasteiger partial charge on any atom is -0.315 e. The van der Waals surface area contributed by atoms with E-state index in [1.807, 2.05) is 20.0 Å². The van der Waals surface area contributed by atoms with Crippen LogP contribution in [0, 0.1) is 18.3 Å². The lowest BCUT2D eigenvalue weighted by Gasteiger charge is -2.37. The zero-order valence-corrected chi connectivity index (χ0v) is 12.9. The highest BCUT2D eigenvalue weighted by molar-refractivity contribution is 5.95. The van der Waals surface area contributed by atoms with Gasteiger partial charge in [-0.1, -0.05) is 12.8 Å². The second-order valence-electron chi connectivity index (χ2n) is 5.98. The highest BCUT2D eigenvalue weighted by Gasteiger charge is 2.49. The first kappa shape index (κ1) is 15.3. The van der Waals surface area contributed by atoms with Crippen molar-refractivity contribution < 1.29 is 4.79 Å². The van der Waals surface area contributed by atoms with Crippen LogP contribution < -0.4 is 10.6 Å². The van der Waals surface area contributed by atoms with Gasteiger partial charge in [0, 0.05) is 19.7 Å². The van der Waals surface area contributed by atoms with Crippen molar-refractivity contribution in [3.05, 3.63) is 11.8 Å². The Bertz CT molecular complexity index is 501. The Labute approximate surface area is 125 Å². The van der Waals surface area contributed by atoms with E-state index in [2.05, 4.69) is 15.7 Å². The van der Waals surface area contributed by atoms with E-state index in [0.29, 0.717) is 5.92 Å². The standard InChI is InChI=1S/C14H22N4O.ClH/c1-10-7-12(18(2)17-10)16-13(19)14-6-4-3-5-11(14)8-15-9-14;/h7,11,15H,3-6,8-9H2,1-2H3,(H,16,19);1H/t11-,14+;/m0./s1. The molecule has 1 saturated carbocycles. The van der Waals surface area contributed by atoms with Gasteiger partial charge in [0.2, 0.25) is 5.91 Å². The van der Waals surface area contributed by atoms with Gasteiger partial charge in [-0.25, -0.2) is 0 Å². The zero-order valence-electron chi connectivity index (χ0n) is 12.1. The summed E-state index contributed by atoms with van der Waals surface area (Å²) in [5, 5.41) is 10.8. The lowest BCUT2D eigenvalue weighted by molar-refractivity contribution is -0.128. The van der Waals surface area contributed by atoms with E-state index in [-0.39, 0.29) is 23.7 Å². The van der Waals surface area contributed by atoms with Gasteiger partial charge in [-0.3, -0.25) is 9.48 Å². The number of anilines is 1. The number of hydrogen-bond donors (Lipinski definition) is 2. The molecule has 1 aromatic rings. The third-order valence-electron chi connectivity index (χ3n) is 4.73. The van der Waals surface area contributed by atoms with Crippen LogP contribution >= 0.6 is 12.4 Å². The Morgan fingerprint density at radius 1 is 1.55 bits per heavy atom. The van der Waals surface area contributed by atoms with Crippen LogP contribution in [0.15, 0.2) is 6.07 Å². The molecule has 112 valence electrons. The quantitative estimate of drug-likeness (QED) is 0.876. The van der Waals surface area contributed by atoms with Crippen molar-refractivity contribution in [2.45, 2.75) is 32.6 Å². The van der Waals surface area contributed by atoms with Crippen LogP contribution in [-0.2, 0) is 11.8 Å². The molecule has 5 nitrogen and oxygen atoms in total. The van der Waals surface area contributed by atoms with Gasteiger partial charge in [-0.15, -0.1) is 12.4 Å². The molecule has 20 heavy (non-hydrogen) atoms. The normalized spacial score (nSPS) is 28.6. The molecule has 3 rings (SSSR count). The van der Waals surface area contributed by atoms with E-state index in [1.54, 1.807) is 4.68 Å². The van der Waals surface area contributed by atoms with Crippen molar-refractivity contribution in [2.75, 3.05) is 18.4 Å². The topological polar surface area (TPSA) is 59.0 Å². The third kappa shape index (κ3) is 2.44. The van der Waals surface area contributed by atoms with Crippen LogP contribution in [0.5, 0.6) is 0 Å². The highest BCUT2D eigenvalue weighted by Crippen LogP contribution is 2.44. The Kier molecular flexibility index (Phi) is 4.39. The van der Waals surface area contributed by atoms with Crippen LogP contribution in [0.2, 0.25) is 0 Å². The molecule has 0 spiro atoms. The predicted molar refractivity (Wildman–Crippen MR) is 81.1 cm³/mol. The van der Waals surface area contributed by atoms with Crippen molar-refractivity contribution in [1.29, 1.82) is 0 Å². The molecule has 2 N–H and O–H groups in total. The van der Waals surface area contributed by atoms with Crippen LogP contribution in [-0.4, -0.2) is 28.8 Å². The van der Waals surface area contributed by atoms with Crippen LogP contribution in [0.4, 0.5) is 5.82 Å². The lowest BCUT2D eigenvalue weighted by Crippen LogP contribution is -2.44. The zero-order chi connectivity index (χ0) is 13.5. The summed E-state index contributed by atoms with van der Waals surface area (Å²) in [7, 11) is 1.87. The van der Waals surface area contributed by atoms with Gasteiger partial charge in [0.1, 0.15) is 5.82 Å². The summed E-state index contributed by atoms with van der Waals surface area (Å²) < 4.78 is 1.74. The maximum atomic E-state index is 12.7. The average molecular weight is 299 g/mol. The molecule has 2 aliphatic rings. The van der Waals surface area contributed by atoms with Crippen molar-refractivity contribution >= 4 is 24.1 Å². The van der Waals surface area contributed by atoms with Gasteiger partial charge < -0.3 is 10.6 Å². The molecule has 0 unspecified atom stereocenters. The number of rotatable bonds is 2. The molecule has 2 heterocycles. The van der Waals surface area contributed by atoms with Gasteiger partial charge >= 0.3 is 0 Å². The molecule has 1 aliphatic heterocycles. The van der Waals surface area contributed by atoms with E-state index in [0.717, 1.165) is 37.4 Å². The SMILES string of the molecule is Cc1cc(NC(=O)[C@@]23CCCC[C@H]2CNC3)n(C)n1.Cl. The Balaban J connectivity index is 0.00000147. The van der Waals surface area contributed by atoms with Gasteiger partial charge in [-0.05, 0) is 32.2 Å². The minimum atomic E-state index is -0.198. The molecule has 0 radical (unpaired) electrons. The number of carbonyl (C=O) groups is 1.